The summed E-state index contributed by atoms with van der Waals surface area (Å²) in [7, 11) is 0. The normalized spacial score (nSPS) is 35.4. The Kier molecular flexibility index (Phi) is 3.75. The minimum atomic E-state index is -0.0470. The van der Waals surface area contributed by atoms with Gasteiger partial charge < -0.3 is 16.4 Å². The molecule has 2 aliphatic rings. The molecule has 1 heterocycles. The summed E-state index contributed by atoms with van der Waals surface area (Å²) in [6.07, 6.45) is 0. The van der Waals surface area contributed by atoms with Gasteiger partial charge in [-0.15, -0.1) is 12.4 Å². The third-order valence-electron chi connectivity index (χ3n) is 3.20. The van der Waals surface area contributed by atoms with Crippen LogP contribution in [-0.4, -0.2) is 31.6 Å². The standard InChI is InChI=1S/C9H17N3O.ClH/c1-5(2-10)9(13)12-8-6-3-11-4-7(6)8;/h5-8,11H,2-4,10H2,1H3,(H,12,13);1H/t5?,6-,7+,8?;. The predicted octanol–water partition coefficient (Wildman–Crippen LogP) is -0.663. The molecule has 2 fully saturated rings. The highest BCUT2D eigenvalue weighted by atomic mass is 35.5. The van der Waals surface area contributed by atoms with Crippen molar-refractivity contribution in [1.82, 2.24) is 10.6 Å². The molecule has 5 heteroatoms. The van der Waals surface area contributed by atoms with Gasteiger partial charge in [0.1, 0.15) is 0 Å². The average Bonchev–Trinajstić information content (AvgIpc) is 2.63. The molecular weight excluding hydrogens is 202 g/mol. The average molecular weight is 220 g/mol. The second-order valence-electron chi connectivity index (χ2n) is 4.16. The summed E-state index contributed by atoms with van der Waals surface area (Å²) >= 11 is 0. The van der Waals surface area contributed by atoms with Gasteiger partial charge in [-0.3, -0.25) is 4.79 Å². The summed E-state index contributed by atoms with van der Waals surface area (Å²) in [5, 5.41) is 6.34. The Morgan fingerprint density at radius 3 is 2.64 bits per heavy atom. The van der Waals surface area contributed by atoms with E-state index in [9.17, 15) is 4.79 Å². The van der Waals surface area contributed by atoms with E-state index in [1.807, 2.05) is 6.92 Å². The van der Waals surface area contributed by atoms with E-state index in [2.05, 4.69) is 10.6 Å². The predicted molar refractivity (Wildman–Crippen MR) is 57.2 cm³/mol. The fraction of sp³-hybridized carbons (Fsp3) is 0.889. The Morgan fingerprint density at radius 1 is 1.57 bits per heavy atom. The van der Waals surface area contributed by atoms with Crippen molar-refractivity contribution in [2.45, 2.75) is 13.0 Å². The number of halogens is 1. The minimum absolute atomic E-state index is 0. The highest BCUT2D eigenvalue weighted by Gasteiger charge is 2.53. The largest absolute Gasteiger partial charge is 0.352 e. The first-order valence-electron chi connectivity index (χ1n) is 4.95. The van der Waals surface area contributed by atoms with Gasteiger partial charge in [-0.05, 0) is 11.8 Å². The number of carbonyl (C=O) groups excluding carboxylic acids is 1. The molecule has 0 aromatic rings. The van der Waals surface area contributed by atoms with Crippen LogP contribution in [0.1, 0.15) is 6.92 Å². The molecule has 1 saturated heterocycles. The van der Waals surface area contributed by atoms with Crippen molar-refractivity contribution in [2.75, 3.05) is 19.6 Å². The monoisotopic (exact) mass is 219 g/mol. The molecule has 1 saturated carbocycles. The molecule has 1 aliphatic heterocycles. The third-order valence-corrected chi connectivity index (χ3v) is 3.20. The van der Waals surface area contributed by atoms with Gasteiger partial charge >= 0.3 is 0 Å². The SMILES string of the molecule is CC(CN)C(=O)NC1[C@H]2CNC[C@@H]12.Cl. The Bertz CT molecular complexity index is 214. The van der Waals surface area contributed by atoms with Gasteiger partial charge in [0.2, 0.25) is 5.91 Å². The second-order valence-corrected chi connectivity index (χ2v) is 4.16. The number of amides is 1. The summed E-state index contributed by atoms with van der Waals surface area (Å²) in [6, 6.07) is 0.433. The van der Waals surface area contributed by atoms with Gasteiger partial charge in [-0.1, -0.05) is 6.92 Å². The number of nitrogens with two attached hydrogens (primary N) is 1. The van der Waals surface area contributed by atoms with Crippen molar-refractivity contribution < 1.29 is 4.79 Å². The zero-order chi connectivity index (χ0) is 9.42. The Morgan fingerprint density at radius 2 is 2.14 bits per heavy atom. The van der Waals surface area contributed by atoms with Gasteiger partial charge in [0.05, 0.1) is 0 Å². The minimum Gasteiger partial charge on any atom is -0.352 e. The lowest BCUT2D eigenvalue weighted by Gasteiger charge is -2.11. The maximum absolute atomic E-state index is 11.4. The summed E-state index contributed by atoms with van der Waals surface area (Å²) in [6.45, 7) is 4.43. The molecule has 2 unspecified atom stereocenters. The molecule has 0 spiro atoms. The third kappa shape index (κ3) is 2.02. The summed E-state index contributed by atoms with van der Waals surface area (Å²) in [5.74, 6) is 1.44. The van der Waals surface area contributed by atoms with Crippen molar-refractivity contribution in [1.29, 1.82) is 0 Å². The van der Waals surface area contributed by atoms with Crippen LogP contribution in [0.2, 0.25) is 0 Å². The molecule has 0 aromatic carbocycles. The smallest absolute Gasteiger partial charge is 0.224 e. The fourth-order valence-electron chi connectivity index (χ4n) is 2.05. The van der Waals surface area contributed by atoms with E-state index in [1.165, 1.54) is 0 Å². The first-order valence-corrected chi connectivity index (χ1v) is 4.95. The molecule has 1 aliphatic carbocycles. The maximum Gasteiger partial charge on any atom is 0.224 e. The molecule has 0 bridgehead atoms. The highest BCUT2D eigenvalue weighted by molar-refractivity contribution is 5.85. The number of piperidine rings is 1. The summed E-state index contributed by atoms with van der Waals surface area (Å²) in [5.41, 5.74) is 5.41. The Balaban J connectivity index is 0.000000980. The van der Waals surface area contributed by atoms with Crippen LogP contribution in [0.4, 0.5) is 0 Å². The number of carbonyl (C=O) groups is 1. The first kappa shape index (κ1) is 11.8. The zero-order valence-electron chi connectivity index (χ0n) is 8.32. The van der Waals surface area contributed by atoms with Crippen LogP contribution in [0.25, 0.3) is 0 Å². The lowest BCUT2D eigenvalue weighted by molar-refractivity contribution is -0.124. The first-order chi connectivity index (χ1) is 6.24. The summed E-state index contributed by atoms with van der Waals surface area (Å²) < 4.78 is 0. The van der Waals surface area contributed by atoms with Gasteiger partial charge in [0.25, 0.3) is 0 Å². The maximum atomic E-state index is 11.4. The quantitative estimate of drug-likeness (QED) is 0.590. The van der Waals surface area contributed by atoms with Crippen LogP contribution in [0.15, 0.2) is 0 Å². The molecule has 4 atom stereocenters. The lowest BCUT2D eigenvalue weighted by Crippen LogP contribution is -2.38. The van der Waals surface area contributed by atoms with Crippen LogP contribution in [-0.2, 0) is 4.79 Å². The van der Waals surface area contributed by atoms with Crippen LogP contribution in [0.3, 0.4) is 0 Å². The van der Waals surface area contributed by atoms with E-state index in [0.29, 0.717) is 24.4 Å². The van der Waals surface area contributed by atoms with Crippen molar-refractivity contribution in [3.05, 3.63) is 0 Å². The Hall–Kier alpha value is -0.320. The van der Waals surface area contributed by atoms with Crippen LogP contribution < -0.4 is 16.4 Å². The van der Waals surface area contributed by atoms with E-state index >= 15 is 0 Å². The highest BCUT2D eigenvalue weighted by Crippen LogP contribution is 2.41. The summed E-state index contributed by atoms with van der Waals surface area (Å²) in [4.78, 5) is 11.4. The van der Waals surface area contributed by atoms with Crippen LogP contribution in [0.5, 0.6) is 0 Å². The number of nitrogens with one attached hydrogen (secondary N) is 2. The molecule has 4 N–H and O–H groups in total. The molecule has 1 amide bonds. The van der Waals surface area contributed by atoms with E-state index in [0.717, 1.165) is 13.1 Å². The fourth-order valence-corrected chi connectivity index (χ4v) is 2.05. The second kappa shape index (κ2) is 4.47. The number of rotatable bonds is 3. The Labute approximate surface area is 90.4 Å². The van der Waals surface area contributed by atoms with Crippen LogP contribution in [0, 0.1) is 17.8 Å². The molecular formula is C9H18ClN3O. The number of hydrogen-bond acceptors (Lipinski definition) is 3. The topological polar surface area (TPSA) is 67.2 Å². The molecule has 0 aromatic heterocycles. The van der Waals surface area contributed by atoms with Crippen molar-refractivity contribution in [3.63, 3.8) is 0 Å². The van der Waals surface area contributed by atoms with Crippen molar-refractivity contribution in [2.24, 2.45) is 23.5 Å². The van der Waals surface area contributed by atoms with Crippen molar-refractivity contribution in [3.8, 4) is 0 Å². The van der Waals surface area contributed by atoms with Gasteiger partial charge in [0, 0.05) is 31.6 Å². The van der Waals surface area contributed by atoms with Gasteiger partial charge in [0.15, 0.2) is 0 Å². The lowest BCUT2D eigenvalue weighted by atomic mass is 10.1. The van der Waals surface area contributed by atoms with E-state index in [-0.39, 0.29) is 24.2 Å². The molecule has 14 heavy (non-hydrogen) atoms. The molecule has 0 radical (unpaired) electrons. The molecule has 82 valence electrons. The van der Waals surface area contributed by atoms with E-state index in [4.69, 9.17) is 5.73 Å². The molecule has 4 nitrogen and oxygen atoms in total. The van der Waals surface area contributed by atoms with Crippen LogP contribution >= 0.6 is 12.4 Å². The molecule has 2 rings (SSSR count). The van der Waals surface area contributed by atoms with E-state index in [1.54, 1.807) is 0 Å². The number of hydrogen-bond donors (Lipinski definition) is 3. The zero-order valence-corrected chi connectivity index (χ0v) is 9.14. The number of fused-ring (bicyclic) bond motifs is 1. The van der Waals surface area contributed by atoms with Gasteiger partial charge in [-0.2, -0.15) is 0 Å². The van der Waals surface area contributed by atoms with E-state index < -0.39 is 0 Å². The van der Waals surface area contributed by atoms with Crippen molar-refractivity contribution >= 4 is 18.3 Å². The van der Waals surface area contributed by atoms with Gasteiger partial charge in [-0.25, -0.2) is 0 Å².